The summed E-state index contributed by atoms with van der Waals surface area (Å²) in [6.07, 6.45) is 2.65. The molecule has 1 N–H and O–H groups in total. The molecule has 0 spiro atoms. The van der Waals surface area contributed by atoms with Crippen LogP contribution in [0.15, 0.2) is 60.7 Å². The van der Waals surface area contributed by atoms with E-state index >= 15 is 0 Å². The summed E-state index contributed by atoms with van der Waals surface area (Å²) in [5, 5.41) is 14.3. The zero-order valence-corrected chi connectivity index (χ0v) is 15.3. The third kappa shape index (κ3) is 5.37. The Morgan fingerprint density at radius 3 is 2.26 bits per heavy atom. The molecule has 0 aromatic heterocycles. The highest BCUT2D eigenvalue weighted by atomic mass is 16.6. The van der Waals surface area contributed by atoms with Crippen LogP contribution in [0.1, 0.15) is 30.0 Å². The highest BCUT2D eigenvalue weighted by Gasteiger charge is 2.33. The van der Waals surface area contributed by atoms with E-state index in [9.17, 15) is 14.9 Å². The van der Waals surface area contributed by atoms with E-state index in [1.807, 2.05) is 6.07 Å². The molecule has 1 amide bonds. The summed E-state index contributed by atoms with van der Waals surface area (Å²) < 4.78 is 0. The Hall–Kier alpha value is -2.73. The number of amides is 1. The molecular formula is C21H25N3O3. The van der Waals surface area contributed by atoms with Crippen LogP contribution < -0.4 is 5.32 Å². The number of piperidine rings is 1. The van der Waals surface area contributed by atoms with E-state index in [1.165, 1.54) is 5.56 Å². The Bertz CT molecular complexity index is 744. The molecule has 1 unspecified atom stereocenters. The second-order valence-corrected chi connectivity index (χ2v) is 6.96. The summed E-state index contributed by atoms with van der Waals surface area (Å²) in [5.41, 5.74) is 1.74. The molecule has 27 heavy (non-hydrogen) atoms. The minimum atomic E-state index is -1.35. The van der Waals surface area contributed by atoms with Crippen LogP contribution in [0.4, 0.5) is 0 Å². The third-order valence-electron chi connectivity index (χ3n) is 5.07. The topological polar surface area (TPSA) is 75.5 Å². The van der Waals surface area contributed by atoms with Gasteiger partial charge in [-0.2, -0.15) is 0 Å². The molecule has 1 aliphatic rings. The van der Waals surface area contributed by atoms with E-state index in [0.717, 1.165) is 38.9 Å². The molecule has 0 aliphatic carbocycles. The SMILES string of the molecule is O=C(NC1CCN(CCc2ccccc2)CC1)C(c1ccccc1)[N+](=O)[O-]. The molecular weight excluding hydrogens is 342 g/mol. The second-order valence-electron chi connectivity index (χ2n) is 6.96. The monoisotopic (exact) mass is 367 g/mol. The molecule has 1 fully saturated rings. The number of carbonyl (C=O) groups is 1. The van der Waals surface area contributed by atoms with Gasteiger partial charge in [-0.1, -0.05) is 60.7 Å². The van der Waals surface area contributed by atoms with Gasteiger partial charge in [-0.05, 0) is 24.8 Å². The molecule has 1 aliphatic heterocycles. The van der Waals surface area contributed by atoms with Crippen LogP contribution in [0, 0.1) is 10.1 Å². The zero-order chi connectivity index (χ0) is 19.1. The number of benzene rings is 2. The Balaban J connectivity index is 1.48. The number of nitrogens with zero attached hydrogens (tertiary/aromatic N) is 2. The fourth-order valence-corrected chi connectivity index (χ4v) is 3.52. The third-order valence-corrected chi connectivity index (χ3v) is 5.07. The summed E-state index contributed by atoms with van der Waals surface area (Å²) in [4.78, 5) is 25.7. The number of hydrogen-bond acceptors (Lipinski definition) is 4. The van der Waals surface area contributed by atoms with Crippen molar-refractivity contribution in [3.05, 3.63) is 81.9 Å². The number of nitrogens with one attached hydrogen (secondary N) is 1. The number of likely N-dealkylation sites (tertiary alicyclic amines) is 1. The number of carbonyl (C=O) groups excluding carboxylic acids is 1. The predicted octanol–water partition coefficient (Wildman–Crippen LogP) is 2.83. The summed E-state index contributed by atoms with van der Waals surface area (Å²) >= 11 is 0. The molecule has 0 radical (unpaired) electrons. The van der Waals surface area contributed by atoms with Crippen molar-refractivity contribution >= 4 is 5.91 Å². The van der Waals surface area contributed by atoms with Gasteiger partial charge in [0.1, 0.15) is 0 Å². The molecule has 1 saturated heterocycles. The van der Waals surface area contributed by atoms with E-state index in [-0.39, 0.29) is 6.04 Å². The fourth-order valence-electron chi connectivity index (χ4n) is 3.52. The quantitative estimate of drug-likeness (QED) is 0.603. The second kappa shape index (κ2) is 9.28. The molecule has 2 aromatic carbocycles. The van der Waals surface area contributed by atoms with Gasteiger partial charge in [0.2, 0.25) is 0 Å². The molecule has 3 rings (SSSR count). The minimum Gasteiger partial charge on any atom is -0.347 e. The number of rotatable bonds is 7. The maximum absolute atomic E-state index is 12.5. The molecule has 6 heteroatoms. The Labute approximate surface area is 159 Å². The number of nitro groups is 1. The maximum Gasteiger partial charge on any atom is 0.314 e. The van der Waals surface area contributed by atoms with Gasteiger partial charge in [-0.3, -0.25) is 14.9 Å². The fraction of sp³-hybridized carbons (Fsp3) is 0.381. The van der Waals surface area contributed by atoms with Crippen LogP contribution in [0.5, 0.6) is 0 Å². The smallest absolute Gasteiger partial charge is 0.314 e. The lowest BCUT2D eigenvalue weighted by atomic mass is 10.0. The van der Waals surface area contributed by atoms with Gasteiger partial charge in [-0.15, -0.1) is 0 Å². The molecule has 0 saturated carbocycles. The van der Waals surface area contributed by atoms with Crippen LogP contribution in [0.25, 0.3) is 0 Å². The van der Waals surface area contributed by atoms with Crippen LogP contribution in [0.2, 0.25) is 0 Å². The molecule has 2 aromatic rings. The van der Waals surface area contributed by atoms with Crippen molar-refractivity contribution in [2.75, 3.05) is 19.6 Å². The molecule has 1 heterocycles. The average Bonchev–Trinajstić information content (AvgIpc) is 2.69. The summed E-state index contributed by atoms with van der Waals surface area (Å²) in [7, 11) is 0. The Kier molecular flexibility index (Phi) is 6.54. The standard InChI is InChI=1S/C21H25N3O3/c25-21(20(24(26)27)18-9-5-2-6-10-18)22-19-12-15-23(16-13-19)14-11-17-7-3-1-4-8-17/h1-10,19-20H,11-16H2,(H,22,25). The molecule has 1 atom stereocenters. The van der Waals surface area contributed by atoms with Gasteiger partial charge in [0.25, 0.3) is 5.91 Å². The van der Waals surface area contributed by atoms with E-state index in [1.54, 1.807) is 30.3 Å². The van der Waals surface area contributed by atoms with E-state index < -0.39 is 16.9 Å². The Morgan fingerprint density at radius 2 is 1.67 bits per heavy atom. The van der Waals surface area contributed by atoms with Crippen molar-refractivity contribution in [3.8, 4) is 0 Å². The first-order valence-corrected chi connectivity index (χ1v) is 9.38. The van der Waals surface area contributed by atoms with Crippen LogP contribution in [-0.4, -0.2) is 41.4 Å². The van der Waals surface area contributed by atoms with E-state index in [2.05, 4.69) is 34.5 Å². The average molecular weight is 367 g/mol. The normalized spacial score (nSPS) is 16.6. The first kappa shape index (κ1) is 19.0. The van der Waals surface area contributed by atoms with Crippen LogP contribution >= 0.6 is 0 Å². The summed E-state index contributed by atoms with van der Waals surface area (Å²) in [6, 6.07) is 17.5. The largest absolute Gasteiger partial charge is 0.347 e. The van der Waals surface area contributed by atoms with Crippen molar-refractivity contribution in [3.63, 3.8) is 0 Å². The van der Waals surface area contributed by atoms with Crippen molar-refractivity contribution in [2.45, 2.75) is 31.3 Å². The van der Waals surface area contributed by atoms with E-state index in [0.29, 0.717) is 5.56 Å². The molecule has 6 nitrogen and oxygen atoms in total. The van der Waals surface area contributed by atoms with Gasteiger partial charge in [-0.25, -0.2) is 0 Å². The highest BCUT2D eigenvalue weighted by Crippen LogP contribution is 2.18. The van der Waals surface area contributed by atoms with Gasteiger partial charge < -0.3 is 10.2 Å². The number of hydrogen-bond donors (Lipinski definition) is 1. The van der Waals surface area contributed by atoms with Crippen LogP contribution in [-0.2, 0) is 11.2 Å². The molecule has 142 valence electrons. The predicted molar refractivity (Wildman–Crippen MR) is 104 cm³/mol. The first-order valence-electron chi connectivity index (χ1n) is 9.38. The first-order chi connectivity index (χ1) is 13.1. The van der Waals surface area contributed by atoms with Gasteiger partial charge >= 0.3 is 6.04 Å². The van der Waals surface area contributed by atoms with Gasteiger partial charge in [0, 0.05) is 36.2 Å². The summed E-state index contributed by atoms with van der Waals surface area (Å²) in [5.74, 6) is -0.520. The van der Waals surface area contributed by atoms with Crippen molar-refractivity contribution in [1.82, 2.24) is 10.2 Å². The van der Waals surface area contributed by atoms with Crippen molar-refractivity contribution in [1.29, 1.82) is 0 Å². The lowest BCUT2D eigenvalue weighted by molar-refractivity contribution is -0.513. The van der Waals surface area contributed by atoms with Crippen molar-refractivity contribution in [2.24, 2.45) is 0 Å². The maximum atomic E-state index is 12.5. The summed E-state index contributed by atoms with van der Waals surface area (Å²) in [6.45, 7) is 2.78. The van der Waals surface area contributed by atoms with Gasteiger partial charge in [0.05, 0.1) is 0 Å². The van der Waals surface area contributed by atoms with Crippen molar-refractivity contribution < 1.29 is 9.72 Å². The van der Waals surface area contributed by atoms with Gasteiger partial charge in [0.15, 0.2) is 0 Å². The lowest BCUT2D eigenvalue weighted by Crippen LogP contribution is -2.47. The zero-order valence-electron chi connectivity index (χ0n) is 15.3. The highest BCUT2D eigenvalue weighted by molar-refractivity contribution is 5.82. The van der Waals surface area contributed by atoms with Crippen LogP contribution in [0.3, 0.4) is 0 Å². The molecule has 0 bridgehead atoms. The Morgan fingerprint density at radius 1 is 1.07 bits per heavy atom. The lowest BCUT2D eigenvalue weighted by Gasteiger charge is -2.32. The minimum absolute atomic E-state index is 0.00311. The van der Waals surface area contributed by atoms with E-state index in [4.69, 9.17) is 0 Å².